The average molecular weight is 366 g/mol. The lowest BCUT2D eigenvalue weighted by Crippen LogP contribution is -2.52. The summed E-state index contributed by atoms with van der Waals surface area (Å²) in [5.74, 6) is -4.09. The molecule has 2 aromatic carbocycles. The number of carboxylic acid groups (broad SMARTS) is 1. The maximum atomic E-state index is 12.7. The number of carbonyl (C=O) groups is 3. The number of carbonyl (C=O) groups excluding carboxylic acids is 2. The van der Waals surface area contributed by atoms with Crippen LogP contribution in [0.3, 0.4) is 0 Å². The molecule has 3 N–H and O–H groups in total. The third kappa shape index (κ3) is 2.76. The zero-order valence-electron chi connectivity index (χ0n) is 14.5. The van der Waals surface area contributed by atoms with E-state index in [2.05, 4.69) is 10.9 Å². The minimum atomic E-state index is -1.10. The van der Waals surface area contributed by atoms with E-state index < -0.39 is 41.3 Å². The molecule has 2 aliphatic heterocycles. The van der Waals surface area contributed by atoms with Crippen LogP contribution in [0, 0.1) is 11.8 Å². The molecule has 2 aromatic rings. The summed E-state index contributed by atoms with van der Waals surface area (Å²) in [6.45, 7) is 1.67. The minimum absolute atomic E-state index is 0.415. The van der Waals surface area contributed by atoms with Gasteiger partial charge >= 0.3 is 5.97 Å². The number of hydrogen-bond acceptors (Lipinski definition) is 4. The summed E-state index contributed by atoms with van der Waals surface area (Å²) < 4.78 is 5.65. The topological polar surface area (TPSA) is 105 Å². The summed E-state index contributed by atoms with van der Waals surface area (Å²) in [6.07, 6.45) is 2.72. The van der Waals surface area contributed by atoms with E-state index in [0.29, 0.717) is 5.56 Å². The van der Waals surface area contributed by atoms with Gasteiger partial charge in [0.1, 0.15) is 5.92 Å². The molecule has 138 valence electrons. The van der Waals surface area contributed by atoms with E-state index in [1.54, 1.807) is 31.2 Å². The molecule has 0 radical (unpaired) electrons. The molecule has 1 saturated heterocycles. The van der Waals surface area contributed by atoms with Gasteiger partial charge in [-0.05, 0) is 23.8 Å². The Kier molecular flexibility index (Phi) is 3.96. The van der Waals surface area contributed by atoms with Crippen LogP contribution in [0.15, 0.2) is 54.6 Å². The highest BCUT2D eigenvalue weighted by Crippen LogP contribution is 2.46. The number of benzene rings is 2. The normalized spacial score (nSPS) is 28.3. The third-order valence-corrected chi connectivity index (χ3v) is 5.24. The van der Waals surface area contributed by atoms with Crippen molar-refractivity contribution in [1.82, 2.24) is 10.9 Å². The monoisotopic (exact) mass is 366 g/mol. The van der Waals surface area contributed by atoms with Crippen LogP contribution < -0.4 is 10.9 Å². The second-order valence-corrected chi connectivity index (χ2v) is 6.94. The molecule has 27 heavy (non-hydrogen) atoms. The molecule has 7 heteroatoms. The van der Waals surface area contributed by atoms with E-state index in [-0.39, 0.29) is 0 Å². The van der Waals surface area contributed by atoms with Gasteiger partial charge in [-0.1, -0.05) is 48.6 Å². The number of ether oxygens (including phenoxy) is 1. The quantitative estimate of drug-likeness (QED) is 0.566. The lowest BCUT2D eigenvalue weighted by atomic mass is 9.76. The van der Waals surface area contributed by atoms with E-state index in [9.17, 15) is 19.5 Å². The van der Waals surface area contributed by atoms with Gasteiger partial charge in [0.2, 0.25) is 5.91 Å². The van der Waals surface area contributed by atoms with E-state index in [1.165, 1.54) is 0 Å². The third-order valence-electron chi connectivity index (χ3n) is 5.24. The average Bonchev–Trinajstić information content (AvgIpc) is 3.19. The van der Waals surface area contributed by atoms with Crippen molar-refractivity contribution in [1.29, 1.82) is 0 Å². The smallest absolute Gasteiger partial charge is 0.310 e. The minimum Gasteiger partial charge on any atom is -0.481 e. The van der Waals surface area contributed by atoms with Gasteiger partial charge in [-0.2, -0.15) is 0 Å². The molecule has 4 rings (SSSR count). The molecule has 7 nitrogen and oxygen atoms in total. The van der Waals surface area contributed by atoms with Crippen molar-refractivity contribution in [2.45, 2.75) is 18.6 Å². The highest BCUT2D eigenvalue weighted by molar-refractivity contribution is 6.07. The Morgan fingerprint density at radius 1 is 1.07 bits per heavy atom. The van der Waals surface area contributed by atoms with Gasteiger partial charge < -0.3 is 9.84 Å². The van der Waals surface area contributed by atoms with Gasteiger partial charge in [0.15, 0.2) is 0 Å². The molecule has 0 aromatic heterocycles. The Balaban J connectivity index is 1.51. The SMILES string of the molecule is C[C@@]12C=C[C@@H](O1)[C@H](C(=O)O)[C@@H]2C(=O)NNC(=O)c1cccc2ccccc12. The first-order chi connectivity index (χ1) is 12.9. The Morgan fingerprint density at radius 3 is 2.59 bits per heavy atom. The van der Waals surface area contributed by atoms with Crippen LogP contribution in [0.4, 0.5) is 0 Å². The molecule has 0 spiro atoms. The first-order valence-electron chi connectivity index (χ1n) is 8.59. The molecule has 2 aliphatic rings. The van der Waals surface area contributed by atoms with Crippen molar-refractivity contribution in [3.8, 4) is 0 Å². The largest absolute Gasteiger partial charge is 0.481 e. The van der Waals surface area contributed by atoms with E-state index in [4.69, 9.17) is 4.74 Å². The van der Waals surface area contributed by atoms with Gasteiger partial charge in [-0.15, -0.1) is 0 Å². The Hall–Kier alpha value is -3.19. The van der Waals surface area contributed by atoms with Crippen molar-refractivity contribution in [2.75, 3.05) is 0 Å². The van der Waals surface area contributed by atoms with Crippen molar-refractivity contribution in [3.05, 3.63) is 60.2 Å². The van der Waals surface area contributed by atoms with Crippen LogP contribution in [0.25, 0.3) is 10.8 Å². The molecule has 0 saturated carbocycles. The lowest BCUT2D eigenvalue weighted by Gasteiger charge is -2.27. The number of rotatable bonds is 3. The number of fused-ring (bicyclic) bond motifs is 3. The van der Waals surface area contributed by atoms with Crippen molar-refractivity contribution in [2.24, 2.45) is 11.8 Å². The van der Waals surface area contributed by atoms with E-state index in [0.717, 1.165) is 10.8 Å². The highest BCUT2D eigenvalue weighted by atomic mass is 16.5. The summed E-state index contributed by atoms with van der Waals surface area (Å²) in [5, 5.41) is 11.1. The fraction of sp³-hybridized carbons (Fsp3) is 0.250. The van der Waals surface area contributed by atoms with Crippen molar-refractivity contribution < 1.29 is 24.2 Å². The van der Waals surface area contributed by atoms with Gasteiger partial charge in [-0.25, -0.2) is 0 Å². The predicted molar refractivity (Wildman–Crippen MR) is 96.6 cm³/mol. The fourth-order valence-electron chi connectivity index (χ4n) is 3.97. The number of amides is 2. The summed E-state index contributed by atoms with van der Waals surface area (Å²) in [6, 6.07) is 12.7. The predicted octanol–water partition coefficient (Wildman–Crippen LogP) is 1.65. The molecule has 2 amide bonds. The maximum absolute atomic E-state index is 12.7. The fourth-order valence-corrected chi connectivity index (χ4v) is 3.97. The van der Waals surface area contributed by atoms with Gasteiger partial charge in [0.25, 0.3) is 5.91 Å². The second-order valence-electron chi connectivity index (χ2n) is 6.94. The second kappa shape index (κ2) is 6.21. The molecule has 1 fully saturated rings. The first-order valence-corrected chi connectivity index (χ1v) is 8.59. The van der Waals surface area contributed by atoms with Crippen LogP contribution in [-0.2, 0) is 14.3 Å². The van der Waals surface area contributed by atoms with Crippen LogP contribution in [-0.4, -0.2) is 34.6 Å². The lowest BCUT2D eigenvalue weighted by molar-refractivity contribution is -0.147. The summed E-state index contributed by atoms with van der Waals surface area (Å²) >= 11 is 0. The van der Waals surface area contributed by atoms with E-state index >= 15 is 0 Å². The number of aliphatic carboxylic acids is 1. The maximum Gasteiger partial charge on any atom is 0.310 e. The van der Waals surface area contributed by atoms with Crippen LogP contribution >= 0.6 is 0 Å². The summed E-state index contributed by atoms with van der Waals surface area (Å²) in [5.41, 5.74) is 4.18. The Morgan fingerprint density at radius 2 is 1.81 bits per heavy atom. The molecular weight excluding hydrogens is 348 g/mol. The molecule has 4 atom stereocenters. The van der Waals surface area contributed by atoms with Gasteiger partial charge in [0, 0.05) is 5.56 Å². The number of hydrogen-bond donors (Lipinski definition) is 3. The van der Waals surface area contributed by atoms with Crippen molar-refractivity contribution in [3.63, 3.8) is 0 Å². The van der Waals surface area contributed by atoms with Gasteiger partial charge in [0.05, 0.1) is 17.6 Å². The van der Waals surface area contributed by atoms with Crippen LogP contribution in [0.2, 0.25) is 0 Å². The zero-order chi connectivity index (χ0) is 19.2. The zero-order valence-corrected chi connectivity index (χ0v) is 14.5. The number of hydrazine groups is 1. The molecule has 0 aliphatic carbocycles. The Bertz CT molecular complexity index is 980. The molecular formula is C20H18N2O5. The molecule has 0 unspecified atom stereocenters. The number of carboxylic acids is 1. The van der Waals surface area contributed by atoms with Crippen LogP contribution in [0.5, 0.6) is 0 Å². The standard InChI is InChI=1S/C20H18N2O5/c1-20-10-9-14(27-20)15(19(25)26)16(20)18(24)22-21-17(23)13-8-4-6-11-5-2-3-7-12(11)13/h2-10,14-16H,1H3,(H,21,23)(H,22,24)(H,25,26)/t14-,15+,16-,20+/m1/s1. The highest BCUT2D eigenvalue weighted by Gasteiger charge is 2.59. The summed E-state index contributed by atoms with van der Waals surface area (Å²) in [7, 11) is 0. The van der Waals surface area contributed by atoms with E-state index in [1.807, 2.05) is 30.3 Å². The van der Waals surface area contributed by atoms with Crippen molar-refractivity contribution >= 4 is 28.6 Å². The molecule has 2 bridgehead atoms. The van der Waals surface area contributed by atoms with Crippen LogP contribution in [0.1, 0.15) is 17.3 Å². The number of nitrogens with one attached hydrogen (secondary N) is 2. The molecule has 2 heterocycles. The summed E-state index contributed by atoms with van der Waals surface area (Å²) in [4.78, 5) is 36.8. The van der Waals surface area contributed by atoms with Gasteiger partial charge in [-0.3, -0.25) is 25.2 Å². The Labute approximate surface area is 155 Å². The first kappa shape index (κ1) is 17.2.